The first-order valence-electron chi connectivity index (χ1n) is 7.61. The van der Waals surface area contributed by atoms with Gasteiger partial charge in [0.1, 0.15) is 11.6 Å². The molecule has 0 unspecified atom stereocenters. The van der Waals surface area contributed by atoms with E-state index >= 15 is 0 Å². The van der Waals surface area contributed by atoms with Crippen molar-refractivity contribution < 1.29 is 22.3 Å². The van der Waals surface area contributed by atoms with Crippen molar-refractivity contribution in [1.82, 2.24) is 10.3 Å². The van der Waals surface area contributed by atoms with Gasteiger partial charge in [0.05, 0.1) is 4.90 Å². The van der Waals surface area contributed by atoms with Gasteiger partial charge in [0.15, 0.2) is 6.10 Å². The molecule has 0 aliphatic rings. The fraction of sp³-hybridized carbons (Fsp3) is 0.235. The van der Waals surface area contributed by atoms with Crippen LogP contribution in [0.2, 0.25) is 5.02 Å². The summed E-state index contributed by atoms with van der Waals surface area (Å²) in [4.78, 5) is 13.9. The van der Waals surface area contributed by atoms with Crippen LogP contribution in [0.1, 0.15) is 18.1 Å². The largest absolute Gasteiger partial charge is 0.480 e. The quantitative estimate of drug-likeness (QED) is 0.730. The standard InChI is InChI=1S/C17H18ClFN2O4S/c1-10-8-13(18)9-11(2)16(10)25-12(3)17(22)20-21-26(23,24)15-6-4-14(19)5-7-15/h4-9,12,21H,1-3H3,(H,20,22)/t12-/m1/s1. The first-order valence-corrected chi connectivity index (χ1v) is 9.47. The highest BCUT2D eigenvalue weighted by Gasteiger charge is 2.20. The van der Waals surface area contributed by atoms with Crippen molar-refractivity contribution in [3.63, 3.8) is 0 Å². The van der Waals surface area contributed by atoms with Crippen molar-refractivity contribution in [2.45, 2.75) is 31.8 Å². The van der Waals surface area contributed by atoms with Crippen molar-refractivity contribution in [3.8, 4) is 5.75 Å². The van der Waals surface area contributed by atoms with Crippen molar-refractivity contribution in [1.29, 1.82) is 0 Å². The lowest BCUT2D eigenvalue weighted by atomic mass is 10.1. The molecule has 0 aromatic heterocycles. The topological polar surface area (TPSA) is 84.5 Å². The Morgan fingerprint density at radius 3 is 2.23 bits per heavy atom. The van der Waals surface area contributed by atoms with Gasteiger partial charge in [-0.1, -0.05) is 11.6 Å². The number of sulfonamides is 1. The molecule has 0 saturated carbocycles. The molecule has 0 aliphatic carbocycles. The second-order valence-corrected chi connectivity index (χ2v) is 7.80. The molecule has 1 amide bonds. The molecule has 2 rings (SSSR count). The van der Waals surface area contributed by atoms with Crippen LogP contribution in [0.25, 0.3) is 0 Å². The summed E-state index contributed by atoms with van der Waals surface area (Å²) in [5, 5.41) is 0.552. The highest BCUT2D eigenvalue weighted by molar-refractivity contribution is 7.89. The number of amides is 1. The second-order valence-electron chi connectivity index (χ2n) is 5.68. The summed E-state index contributed by atoms with van der Waals surface area (Å²) >= 11 is 5.95. The Labute approximate surface area is 156 Å². The van der Waals surface area contributed by atoms with Gasteiger partial charge in [-0.2, -0.15) is 0 Å². The van der Waals surface area contributed by atoms with Crippen LogP contribution in [0.4, 0.5) is 4.39 Å². The van der Waals surface area contributed by atoms with E-state index in [0.29, 0.717) is 10.8 Å². The van der Waals surface area contributed by atoms with Gasteiger partial charge in [-0.3, -0.25) is 10.2 Å². The van der Waals surface area contributed by atoms with Crippen molar-refractivity contribution >= 4 is 27.5 Å². The van der Waals surface area contributed by atoms with Gasteiger partial charge in [0.2, 0.25) is 0 Å². The molecule has 0 spiro atoms. The summed E-state index contributed by atoms with van der Waals surface area (Å²) in [6, 6.07) is 7.59. The van der Waals surface area contributed by atoms with Crippen LogP contribution in [0.5, 0.6) is 5.75 Å². The lowest BCUT2D eigenvalue weighted by Crippen LogP contribution is -2.47. The number of halogens is 2. The van der Waals surface area contributed by atoms with Crippen LogP contribution >= 0.6 is 11.6 Å². The molecule has 0 bridgehead atoms. The Hall–Kier alpha value is -2.16. The molecular weight excluding hydrogens is 383 g/mol. The molecule has 1 atom stereocenters. The Morgan fingerprint density at radius 2 is 1.69 bits per heavy atom. The van der Waals surface area contributed by atoms with E-state index in [9.17, 15) is 17.6 Å². The third-order valence-corrected chi connectivity index (χ3v) is 5.00. The van der Waals surface area contributed by atoms with E-state index in [1.54, 1.807) is 26.0 Å². The van der Waals surface area contributed by atoms with Crippen LogP contribution in [-0.2, 0) is 14.8 Å². The minimum Gasteiger partial charge on any atom is -0.480 e. The van der Waals surface area contributed by atoms with Crippen LogP contribution in [0.15, 0.2) is 41.3 Å². The van der Waals surface area contributed by atoms with Crippen molar-refractivity contribution in [3.05, 3.63) is 58.4 Å². The van der Waals surface area contributed by atoms with Gasteiger partial charge in [-0.15, -0.1) is 4.83 Å². The first-order chi connectivity index (χ1) is 12.1. The normalized spacial score (nSPS) is 12.5. The number of benzene rings is 2. The molecule has 140 valence electrons. The predicted molar refractivity (Wildman–Crippen MR) is 95.9 cm³/mol. The van der Waals surface area contributed by atoms with Crippen molar-refractivity contribution in [2.75, 3.05) is 0 Å². The summed E-state index contributed by atoms with van der Waals surface area (Å²) in [5.74, 6) is -0.758. The number of nitrogens with one attached hydrogen (secondary N) is 2. The SMILES string of the molecule is Cc1cc(Cl)cc(C)c1O[C@H](C)C(=O)NNS(=O)(=O)c1ccc(F)cc1. The molecule has 2 N–H and O–H groups in total. The molecule has 0 fully saturated rings. The number of hydrogen-bond acceptors (Lipinski definition) is 4. The fourth-order valence-corrected chi connectivity index (χ4v) is 3.38. The minimum atomic E-state index is -4.02. The molecule has 2 aromatic rings. The number of ether oxygens (including phenoxy) is 1. The van der Waals surface area contributed by atoms with E-state index in [1.165, 1.54) is 6.92 Å². The van der Waals surface area contributed by atoms with Crippen molar-refractivity contribution in [2.24, 2.45) is 0 Å². The molecule has 0 saturated heterocycles. The Morgan fingerprint density at radius 1 is 1.15 bits per heavy atom. The smallest absolute Gasteiger partial charge is 0.275 e. The van der Waals surface area contributed by atoms with Gasteiger partial charge in [-0.25, -0.2) is 12.8 Å². The molecule has 2 aromatic carbocycles. The highest BCUT2D eigenvalue weighted by Crippen LogP contribution is 2.27. The molecule has 0 aliphatic heterocycles. The van der Waals surface area contributed by atoms with Crippen LogP contribution in [-0.4, -0.2) is 20.4 Å². The Bertz CT molecular complexity index is 894. The van der Waals surface area contributed by atoms with Gasteiger partial charge in [-0.05, 0) is 68.3 Å². The summed E-state index contributed by atoms with van der Waals surface area (Å²) in [5.41, 5.74) is 3.59. The Kier molecular flexibility index (Phi) is 6.22. The number of aryl methyl sites for hydroxylation is 2. The summed E-state index contributed by atoms with van der Waals surface area (Å²) in [7, 11) is -4.02. The maximum absolute atomic E-state index is 12.9. The van der Waals surface area contributed by atoms with E-state index in [4.69, 9.17) is 16.3 Å². The van der Waals surface area contributed by atoms with Crippen LogP contribution in [0, 0.1) is 19.7 Å². The molecule has 26 heavy (non-hydrogen) atoms. The molecule has 6 nitrogen and oxygen atoms in total. The number of carbonyl (C=O) groups is 1. The van der Waals surface area contributed by atoms with Gasteiger partial charge >= 0.3 is 0 Å². The average Bonchev–Trinajstić information content (AvgIpc) is 2.56. The summed E-state index contributed by atoms with van der Waals surface area (Å²) in [6.07, 6.45) is -0.968. The molecule has 9 heteroatoms. The number of hydrazine groups is 1. The molecular formula is C17H18ClFN2O4S. The fourth-order valence-electron chi connectivity index (χ4n) is 2.21. The zero-order valence-electron chi connectivity index (χ0n) is 14.3. The van der Waals surface area contributed by atoms with Gasteiger partial charge < -0.3 is 4.74 Å². The Balaban J connectivity index is 2.02. The third kappa shape index (κ3) is 4.94. The zero-order valence-corrected chi connectivity index (χ0v) is 15.9. The van der Waals surface area contributed by atoms with Gasteiger partial charge in [0.25, 0.3) is 15.9 Å². The van der Waals surface area contributed by atoms with E-state index in [0.717, 1.165) is 35.4 Å². The number of hydrogen-bond donors (Lipinski definition) is 2. The van der Waals surface area contributed by atoms with E-state index < -0.39 is 27.9 Å². The zero-order chi connectivity index (χ0) is 19.5. The summed E-state index contributed by atoms with van der Waals surface area (Å²) in [6.45, 7) is 5.06. The summed E-state index contributed by atoms with van der Waals surface area (Å²) < 4.78 is 42.6. The van der Waals surface area contributed by atoms with Crippen LogP contribution < -0.4 is 15.0 Å². The lowest BCUT2D eigenvalue weighted by Gasteiger charge is -2.18. The highest BCUT2D eigenvalue weighted by atomic mass is 35.5. The third-order valence-electron chi connectivity index (χ3n) is 3.52. The van der Waals surface area contributed by atoms with Gasteiger partial charge in [0, 0.05) is 5.02 Å². The van der Waals surface area contributed by atoms with Crippen LogP contribution in [0.3, 0.4) is 0 Å². The van der Waals surface area contributed by atoms with E-state index in [1.807, 2.05) is 4.83 Å². The molecule has 0 radical (unpaired) electrons. The minimum absolute atomic E-state index is 0.183. The average molecular weight is 401 g/mol. The monoisotopic (exact) mass is 400 g/mol. The van der Waals surface area contributed by atoms with E-state index in [-0.39, 0.29) is 4.90 Å². The molecule has 0 heterocycles. The first kappa shape index (κ1) is 20.2. The maximum atomic E-state index is 12.9. The lowest BCUT2D eigenvalue weighted by molar-refractivity contribution is -0.127. The maximum Gasteiger partial charge on any atom is 0.275 e. The predicted octanol–water partition coefficient (Wildman–Crippen LogP) is 2.87. The second kappa shape index (κ2) is 8.03. The number of carbonyl (C=O) groups excluding carboxylic acids is 1. The number of rotatable bonds is 6. The van der Waals surface area contributed by atoms with E-state index in [2.05, 4.69) is 5.43 Å².